The fourth-order valence-electron chi connectivity index (χ4n) is 1.50. The second-order valence-electron chi connectivity index (χ2n) is 3.56. The van der Waals surface area contributed by atoms with Crippen molar-refractivity contribution < 1.29 is 14.1 Å². The monoisotopic (exact) mass is 282 g/mol. The molecule has 0 aliphatic heterocycles. The standard InChI is InChI=1S/C10H7FN4O5/c1-20-8-12-9(16)14(10(17)13-8)5-2-3-6(11)7(4-5)15(18)19/h2-4H,1H3,(H,12,13,16,17). The Bertz CT molecular complexity index is 766. The number of aromatic amines is 1. The Morgan fingerprint density at radius 1 is 1.45 bits per heavy atom. The highest BCUT2D eigenvalue weighted by Crippen LogP contribution is 2.19. The van der Waals surface area contributed by atoms with E-state index in [1.807, 2.05) is 0 Å². The molecule has 0 unspecified atom stereocenters. The van der Waals surface area contributed by atoms with Crippen molar-refractivity contribution in [3.8, 4) is 11.7 Å². The third-order valence-corrected chi connectivity index (χ3v) is 2.38. The largest absolute Gasteiger partial charge is 0.468 e. The molecule has 0 bridgehead atoms. The number of methoxy groups -OCH3 is 1. The summed E-state index contributed by atoms with van der Waals surface area (Å²) in [6.07, 6.45) is 0. The summed E-state index contributed by atoms with van der Waals surface area (Å²) in [5.74, 6) is -1.08. The number of halogens is 1. The Hall–Kier alpha value is -3.04. The van der Waals surface area contributed by atoms with Crippen molar-refractivity contribution in [2.45, 2.75) is 0 Å². The first kappa shape index (κ1) is 13.4. The summed E-state index contributed by atoms with van der Waals surface area (Å²) in [7, 11) is 1.20. The van der Waals surface area contributed by atoms with Crippen molar-refractivity contribution >= 4 is 5.69 Å². The van der Waals surface area contributed by atoms with Crippen LogP contribution < -0.4 is 16.1 Å². The fraction of sp³-hybridized carbons (Fsp3) is 0.100. The van der Waals surface area contributed by atoms with E-state index in [1.54, 1.807) is 0 Å². The van der Waals surface area contributed by atoms with Gasteiger partial charge in [0, 0.05) is 6.07 Å². The summed E-state index contributed by atoms with van der Waals surface area (Å²) in [4.78, 5) is 38.6. The lowest BCUT2D eigenvalue weighted by Gasteiger charge is -2.04. The zero-order valence-electron chi connectivity index (χ0n) is 9.99. The lowest BCUT2D eigenvalue weighted by Crippen LogP contribution is -2.35. The van der Waals surface area contributed by atoms with Gasteiger partial charge in [0.25, 0.3) is 0 Å². The first-order valence-corrected chi connectivity index (χ1v) is 5.15. The number of nitro groups is 1. The molecule has 10 heteroatoms. The van der Waals surface area contributed by atoms with Gasteiger partial charge >= 0.3 is 23.1 Å². The molecule has 0 aliphatic carbocycles. The van der Waals surface area contributed by atoms with E-state index in [-0.39, 0.29) is 11.7 Å². The average molecular weight is 282 g/mol. The molecule has 0 amide bonds. The van der Waals surface area contributed by atoms with Gasteiger partial charge in [-0.1, -0.05) is 0 Å². The van der Waals surface area contributed by atoms with Gasteiger partial charge in [-0.05, 0) is 12.1 Å². The smallest absolute Gasteiger partial charge is 0.360 e. The molecule has 1 N–H and O–H groups in total. The molecule has 2 aromatic rings. The molecule has 2 rings (SSSR count). The Balaban J connectivity index is 2.70. The number of hydrogen-bond acceptors (Lipinski definition) is 6. The molecule has 9 nitrogen and oxygen atoms in total. The molecule has 0 spiro atoms. The molecule has 0 saturated carbocycles. The highest BCUT2D eigenvalue weighted by Gasteiger charge is 2.17. The molecule has 1 aromatic heterocycles. The van der Waals surface area contributed by atoms with E-state index in [4.69, 9.17) is 0 Å². The number of ether oxygens (including phenoxy) is 1. The molecule has 0 saturated heterocycles. The average Bonchev–Trinajstić information content (AvgIpc) is 2.39. The minimum atomic E-state index is -1.08. The molecule has 0 fully saturated rings. The second kappa shape index (κ2) is 4.91. The van der Waals surface area contributed by atoms with Crippen LogP contribution in [-0.2, 0) is 0 Å². The Labute approximate surface area is 109 Å². The maximum absolute atomic E-state index is 13.2. The number of benzene rings is 1. The lowest BCUT2D eigenvalue weighted by molar-refractivity contribution is -0.387. The number of rotatable bonds is 3. The van der Waals surface area contributed by atoms with Crippen LogP contribution >= 0.6 is 0 Å². The molecule has 104 valence electrons. The molecule has 1 aromatic carbocycles. The maximum atomic E-state index is 13.2. The normalized spacial score (nSPS) is 10.3. The number of nitro benzene ring substituents is 1. The van der Waals surface area contributed by atoms with Crippen molar-refractivity contribution in [1.82, 2.24) is 14.5 Å². The van der Waals surface area contributed by atoms with Gasteiger partial charge in [0.2, 0.25) is 5.82 Å². The topological polar surface area (TPSA) is 120 Å². The van der Waals surface area contributed by atoms with E-state index in [2.05, 4.69) is 14.7 Å². The highest BCUT2D eigenvalue weighted by molar-refractivity contribution is 5.44. The maximum Gasteiger partial charge on any atom is 0.360 e. The zero-order chi connectivity index (χ0) is 14.9. The number of nitrogens with one attached hydrogen (secondary N) is 1. The molecule has 1 heterocycles. The van der Waals surface area contributed by atoms with Gasteiger partial charge in [-0.2, -0.15) is 4.39 Å². The van der Waals surface area contributed by atoms with E-state index >= 15 is 0 Å². The number of H-pyrrole nitrogens is 1. The van der Waals surface area contributed by atoms with Crippen LogP contribution in [0.25, 0.3) is 5.69 Å². The molecular formula is C10H7FN4O5. The molecular weight excluding hydrogens is 275 g/mol. The predicted molar refractivity (Wildman–Crippen MR) is 63.6 cm³/mol. The lowest BCUT2D eigenvalue weighted by atomic mass is 10.2. The molecule has 0 atom stereocenters. The van der Waals surface area contributed by atoms with Gasteiger partial charge in [-0.3, -0.25) is 15.1 Å². The van der Waals surface area contributed by atoms with Crippen LogP contribution in [-0.4, -0.2) is 26.6 Å². The number of aromatic nitrogens is 3. The van der Waals surface area contributed by atoms with Crippen LogP contribution in [0.5, 0.6) is 6.01 Å². The van der Waals surface area contributed by atoms with Crippen LogP contribution in [0.1, 0.15) is 0 Å². The molecule has 0 radical (unpaired) electrons. The van der Waals surface area contributed by atoms with Gasteiger partial charge < -0.3 is 4.74 Å². The third-order valence-electron chi connectivity index (χ3n) is 2.38. The first-order valence-electron chi connectivity index (χ1n) is 5.15. The van der Waals surface area contributed by atoms with Gasteiger partial charge in [0.15, 0.2) is 0 Å². The van der Waals surface area contributed by atoms with Crippen molar-refractivity contribution in [2.24, 2.45) is 0 Å². The van der Waals surface area contributed by atoms with E-state index in [0.717, 1.165) is 18.2 Å². The van der Waals surface area contributed by atoms with Crippen molar-refractivity contribution in [1.29, 1.82) is 0 Å². The number of hydrogen-bond donors (Lipinski definition) is 1. The fourth-order valence-corrected chi connectivity index (χ4v) is 1.50. The van der Waals surface area contributed by atoms with Crippen molar-refractivity contribution in [3.05, 3.63) is 55.1 Å². The van der Waals surface area contributed by atoms with Gasteiger partial charge in [-0.15, -0.1) is 4.98 Å². The van der Waals surface area contributed by atoms with Crippen LogP contribution in [0.2, 0.25) is 0 Å². The number of nitrogens with zero attached hydrogens (tertiary/aromatic N) is 3. The predicted octanol–water partition coefficient (Wildman–Crippen LogP) is -0.0233. The van der Waals surface area contributed by atoms with E-state index in [9.17, 15) is 24.1 Å². The van der Waals surface area contributed by atoms with Crippen LogP contribution in [0, 0.1) is 15.9 Å². The Morgan fingerprint density at radius 2 is 2.15 bits per heavy atom. The van der Waals surface area contributed by atoms with Gasteiger partial charge in [0.05, 0.1) is 17.7 Å². The van der Waals surface area contributed by atoms with Crippen molar-refractivity contribution in [3.63, 3.8) is 0 Å². The zero-order valence-corrected chi connectivity index (χ0v) is 9.99. The van der Waals surface area contributed by atoms with Crippen LogP contribution in [0.3, 0.4) is 0 Å². The van der Waals surface area contributed by atoms with E-state index < -0.39 is 27.8 Å². The van der Waals surface area contributed by atoms with E-state index in [1.165, 1.54) is 7.11 Å². The van der Waals surface area contributed by atoms with Crippen molar-refractivity contribution in [2.75, 3.05) is 7.11 Å². The second-order valence-corrected chi connectivity index (χ2v) is 3.56. The molecule has 20 heavy (non-hydrogen) atoms. The summed E-state index contributed by atoms with van der Waals surface area (Å²) in [5, 5.41) is 10.6. The summed E-state index contributed by atoms with van der Waals surface area (Å²) in [6.45, 7) is 0. The highest BCUT2D eigenvalue weighted by atomic mass is 19.1. The minimum absolute atomic E-state index is 0.181. The van der Waals surface area contributed by atoms with Gasteiger partial charge in [-0.25, -0.2) is 14.2 Å². The Kier molecular flexibility index (Phi) is 3.29. The Morgan fingerprint density at radius 3 is 2.70 bits per heavy atom. The van der Waals surface area contributed by atoms with Gasteiger partial charge in [0.1, 0.15) is 0 Å². The minimum Gasteiger partial charge on any atom is -0.468 e. The SMILES string of the molecule is COc1nc(=O)n(-c2ccc(F)c([N+](=O)[O-])c2)c(=O)[nH]1. The summed E-state index contributed by atoms with van der Waals surface area (Å²) in [5.41, 5.74) is -2.96. The van der Waals surface area contributed by atoms with E-state index in [0.29, 0.717) is 4.57 Å². The quantitative estimate of drug-likeness (QED) is 0.623. The third kappa shape index (κ3) is 2.25. The first-order chi connectivity index (χ1) is 9.43. The molecule has 0 aliphatic rings. The summed E-state index contributed by atoms with van der Waals surface area (Å²) >= 11 is 0. The summed E-state index contributed by atoms with van der Waals surface area (Å²) < 4.78 is 18.3. The van der Waals surface area contributed by atoms with Crippen LogP contribution in [0.4, 0.5) is 10.1 Å². The summed E-state index contributed by atoms with van der Waals surface area (Å²) in [6, 6.07) is 2.30. The van der Waals surface area contributed by atoms with Crippen LogP contribution in [0.15, 0.2) is 27.8 Å².